The first-order chi connectivity index (χ1) is 9.97. The van der Waals surface area contributed by atoms with Crippen LogP contribution in [0.15, 0.2) is 24.3 Å². The third-order valence-electron chi connectivity index (χ3n) is 3.91. The molecule has 1 aromatic rings. The van der Waals surface area contributed by atoms with Gasteiger partial charge in [0.2, 0.25) is 5.91 Å². The number of amides is 1. The zero-order valence-electron chi connectivity index (χ0n) is 12.2. The van der Waals surface area contributed by atoms with Gasteiger partial charge in [-0.05, 0) is 43.9 Å². The molecule has 5 heteroatoms. The fourth-order valence-corrected chi connectivity index (χ4v) is 2.92. The Morgan fingerprint density at radius 1 is 1.48 bits per heavy atom. The molecule has 21 heavy (non-hydrogen) atoms. The third kappa shape index (κ3) is 4.25. The smallest absolute Gasteiger partial charge is 0.225 e. The molecule has 116 valence electrons. The minimum absolute atomic E-state index is 0.0391. The van der Waals surface area contributed by atoms with Crippen molar-refractivity contribution in [1.29, 1.82) is 0 Å². The highest BCUT2D eigenvalue weighted by atomic mass is 19.1. The Morgan fingerprint density at radius 3 is 2.90 bits per heavy atom. The number of rotatable bonds is 5. The van der Waals surface area contributed by atoms with Gasteiger partial charge in [0.25, 0.3) is 0 Å². The second kappa shape index (κ2) is 7.00. The number of likely N-dealkylation sites (tertiary alicyclic amines) is 1. The van der Waals surface area contributed by atoms with Gasteiger partial charge >= 0.3 is 0 Å². The van der Waals surface area contributed by atoms with Gasteiger partial charge in [-0.15, -0.1) is 0 Å². The van der Waals surface area contributed by atoms with E-state index in [0.717, 1.165) is 12.8 Å². The molecule has 1 aliphatic heterocycles. The molecule has 2 rings (SSSR count). The van der Waals surface area contributed by atoms with Crippen molar-refractivity contribution < 1.29 is 19.4 Å². The molecule has 1 heterocycles. The zero-order valence-corrected chi connectivity index (χ0v) is 12.2. The number of carbonyl (C=O) groups excluding carboxylic acids is 1. The van der Waals surface area contributed by atoms with Crippen LogP contribution in [0.25, 0.3) is 0 Å². The summed E-state index contributed by atoms with van der Waals surface area (Å²) in [5.74, 6) is -0.568. The van der Waals surface area contributed by atoms with E-state index in [0.29, 0.717) is 18.5 Å². The molecule has 3 atom stereocenters. The van der Waals surface area contributed by atoms with Crippen LogP contribution in [-0.4, -0.2) is 39.7 Å². The second-order valence-corrected chi connectivity index (χ2v) is 5.74. The molecule has 0 bridgehead atoms. The fraction of sp³-hybridized carbons (Fsp3) is 0.562. The predicted octanol–water partition coefficient (Wildman–Crippen LogP) is 2.01. The van der Waals surface area contributed by atoms with E-state index >= 15 is 0 Å². The van der Waals surface area contributed by atoms with Crippen LogP contribution in [0.1, 0.15) is 44.3 Å². The van der Waals surface area contributed by atoms with Gasteiger partial charge in [0.1, 0.15) is 5.82 Å². The Hall–Kier alpha value is -1.46. The van der Waals surface area contributed by atoms with Gasteiger partial charge in [-0.1, -0.05) is 12.1 Å². The summed E-state index contributed by atoms with van der Waals surface area (Å²) in [7, 11) is 0. The second-order valence-electron chi connectivity index (χ2n) is 5.74. The molecule has 3 unspecified atom stereocenters. The molecule has 1 amide bonds. The van der Waals surface area contributed by atoms with E-state index in [1.807, 2.05) is 0 Å². The monoisotopic (exact) mass is 295 g/mol. The number of carbonyl (C=O) groups is 1. The molecule has 1 aliphatic rings. The normalized spacial score (nSPS) is 21.3. The number of nitrogens with zero attached hydrogens (tertiary/aromatic N) is 1. The van der Waals surface area contributed by atoms with E-state index < -0.39 is 18.0 Å². The van der Waals surface area contributed by atoms with Gasteiger partial charge in [-0.3, -0.25) is 4.79 Å². The molecule has 1 fully saturated rings. The molecule has 2 N–H and O–H groups in total. The van der Waals surface area contributed by atoms with E-state index in [9.17, 15) is 19.4 Å². The van der Waals surface area contributed by atoms with Crippen molar-refractivity contribution in [2.45, 2.75) is 50.9 Å². The Bertz CT molecular complexity index is 492. The van der Waals surface area contributed by atoms with E-state index in [4.69, 9.17) is 0 Å². The molecule has 4 nitrogen and oxygen atoms in total. The molecule has 0 aromatic heterocycles. The maximum Gasteiger partial charge on any atom is 0.225 e. The van der Waals surface area contributed by atoms with Gasteiger partial charge in [-0.25, -0.2) is 4.39 Å². The van der Waals surface area contributed by atoms with Gasteiger partial charge in [0.15, 0.2) is 0 Å². The lowest BCUT2D eigenvalue weighted by Gasteiger charge is -2.26. The number of hydrogen-bond donors (Lipinski definition) is 2. The van der Waals surface area contributed by atoms with E-state index in [1.165, 1.54) is 18.2 Å². The molecule has 0 radical (unpaired) electrons. The maximum absolute atomic E-state index is 13.1. The van der Waals surface area contributed by atoms with E-state index in [1.54, 1.807) is 17.9 Å². The summed E-state index contributed by atoms with van der Waals surface area (Å²) < 4.78 is 13.1. The zero-order chi connectivity index (χ0) is 15.4. The summed E-state index contributed by atoms with van der Waals surface area (Å²) in [6.07, 6.45) is 0.852. The van der Waals surface area contributed by atoms with E-state index in [-0.39, 0.29) is 18.4 Å². The molecule has 1 saturated heterocycles. The average molecular weight is 295 g/mol. The molecule has 0 spiro atoms. The number of halogens is 1. The Labute approximate surface area is 124 Å². The molecule has 1 aromatic carbocycles. The predicted molar refractivity (Wildman–Crippen MR) is 77.0 cm³/mol. The Kier molecular flexibility index (Phi) is 5.31. The first kappa shape index (κ1) is 15.9. The Balaban J connectivity index is 1.97. The minimum Gasteiger partial charge on any atom is -0.393 e. The Morgan fingerprint density at radius 2 is 2.24 bits per heavy atom. The van der Waals surface area contributed by atoms with Gasteiger partial charge < -0.3 is 15.1 Å². The summed E-state index contributed by atoms with van der Waals surface area (Å²) in [6.45, 7) is 2.37. The topological polar surface area (TPSA) is 60.8 Å². The molecule has 0 saturated carbocycles. The quantitative estimate of drug-likeness (QED) is 0.873. The van der Waals surface area contributed by atoms with Crippen LogP contribution >= 0.6 is 0 Å². The van der Waals surface area contributed by atoms with Crippen molar-refractivity contribution >= 4 is 5.91 Å². The average Bonchev–Trinajstić information content (AvgIpc) is 2.86. The summed E-state index contributed by atoms with van der Waals surface area (Å²) in [4.78, 5) is 14.0. The molecule has 0 aliphatic carbocycles. The van der Waals surface area contributed by atoms with E-state index in [2.05, 4.69) is 0 Å². The van der Waals surface area contributed by atoms with Crippen molar-refractivity contribution in [3.63, 3.8) is 0 Å². The highest BCUT2D eigenvalue weighted by Crippen LogP contribution is 2.25. The van der Waals surface area contributed by atoms with Crippen molar-refractivity contribution in [3.05, 3.63) is 35.6 Å². The summed E-state index contributed by atoms with van der Waals surface area (Å²) >= 11 is 0. The summed E-state index contributed by atoms with van der Waals surface area (Å²) in [5.41, 5.74) is 0.412. The molecular weight excluding hydrogens is 273 g/mol. The van der Waals surface area contributed by atoms with Crippen LogP contribution in [-0.2, 0) is 4.79 Å². The van der Waals surface area contributed by atoms with Gasteiger partial charge in [0, 0.05) is 12.6 Å². The van der Waals surface area contributed by atoms with Crippen LogP contribution in [0.3, 0.4) is 0 Å². The lowest BCUT2D eigenvalue weighted by Crippen LogP contribution is -2.37. The minimum atomic E-state index is -0.999. The lowest BCUT2D eigenvalue weighted by atomic mass is 10.0. The fourth-order valence-electron chi connectivity index (χ4n) is 2.92. The molecular formula is C16H22FNO3. The van der Waals surface area contributed by atoms with Crippen molar-refractivity contribution in [2.75, 3.05) is 6.54 Å². The van der Waals surface area contributed by atoms with Crippen molar-refractivity contribution in [1.82, 2.24) is 4.90 Å². The first-order valence-corrected chi connectivity index (χ1v) is 7.38. The summed E-state index contributed by atoms with van der Waals surface area (Å²) in [5, 5.41) is 19.6. The number of benzene rings is 1. The standard InChI is InChI=1S/C16H22FNO3/c1-11(19)8-14-6-3-7-18(14)16(21)10-15(20)12-4-2-5-13(17)9-12/h2,4-5,9,11,14-15,19-20H,3,6-8,10H2,1H3. The van der Waals surface area contributed by atoms with Crippen LogP contribution in [0.5, 0.6) is 0 Å². The van der Waals surface area contributed by atoms with Crippen LogP contribution in [0.2, 0.25) is 0 Å². The number of hydrogen-bond acceptors (Lipinski definition) is 3. The SMILES string of the molecule is CC(O)CC1CCCN1C(=O)CC(O)c1cccc(F)c1. The van der Waals surface area contributed by atoms with Crippen LogP contribution < -0.4 is 0 Å². The lowest BCUT2D eigenvalue weighted by molar-refractivity contribution is -0.134. The highest BCUT2D eigenvalue weighted by molar-refractivity contribution is 5.77. The van der Waals surface area contributed by atoms with Gasteiger partial charge in [-0.2, -0.15) is 0 Å². The summed E-state index contributed by atoms with van der Waals surface area (Å²) in [6, 6.07) is 5.71. The highest BCUT2D eigenvalue weighted by Gasteiger charge is 2.30. The number of aliphatic hydroxyl groups is 2. The van der Waals surface area contributed by atoms with Gasteiger partial charge in [0.05, 0.1) is 18.6 Å². The first-order valence-electron chi connectivity index (χ1n) is 7.38. The van der Waals surface area contributed by atoms with Crippen molar-refractivity contribution in [3.8, 4) is 0 Å². The van der Waals surface area contributed by atoms with Crippen LogP contribution in [0.4, 0.5) is 4.39 Å². The number of aliphatic hydroxyl groups excluding tert-OH is 2. The largest absolute Gasteiger partial charge is 0.393 e. The third-order valence-corrected chi connectivity index (χ3v) is 3.91. The van der Waals surface area contributed by atoms with Crippen molar-refractivity contribution in [2.24, 2.45) is 0 Å². The van der Waals surface area contributed by atoms with Crippen LogP contribution in [0, 0.1) is 5.82 Å². The maximum atomic E-state index is 13.1.